The van der Waals surface area contributed by atoms with E-state index in [2.05, 4.69) is 19.9 Å². The molecule has 0 radical (unpaired) electrons. The number of hydrogen-bond acceptors (Lipinski definition) is 6. The first-order valence-corrected chi connectivity index (χ1v) is 6.83. The summed E-state index contributed by atoms with van der Waals surface area (Å²) in [6, 6.07) is 6.17. The molecule has 19 heavy (non-hydrogen) atoms. The van der Waals surface area contributed by atoms with Crippen LogP contribution >= 0.6 is 0 Å². The van der Waals surface area contributed by atoms with E-state index in [1.807, 2.05) is 0 Å². The number of rotatable bonds is 2. The molecule has 3 aromatic heterocycles. The number of sulfone groups is 1. The molecule has 7 nitrogen and oxygen atoms in total. The summed E-state index contributed by atoms with van der Waals surface area (Å²) in [4.78, 5) is 14.5. The molecule has 0 aliphatic rings. The van der Waals surface area contributed by atoms with Crippen molar-refractivity contribution in [3.63, 3.8) is 0 Å². The predicted molar refractivity (Wildman–Crippen MR) is 68.0 cm³/mol. The quantitative estimate of drug-likeness (QED) is 0.667. The first-order valence-electron chi connectivity index (χ1n) is 5.35. The molecule has 0 atom stereocenters. The van der Waals surface area contributed by atoms with E-state index < -0.39 is 9.84 Å². The van der Waals surface area contributed by atoms with Gasteiger partial charge in [-0.3, -0.25) is 0 Å². The fraction of sp³-hybridized carbons (Fsp3) is 0. The van der Waals surface area contributed by atoms with Gasteiger partial charge in [0.15, 0.2) is 5.03 Å². The average Bonchev–Trinajstić information content (AvgIpc) is 2.78. The number of aromatic nitrogens is 4. The van der Waals surface area contributed by atoms with Crippen LogP contribution in [0.3, 0.4) is 0 Å². The number of pyridine rings is 1. The van der Waals surface area contributed by atoms with Crippen LogP contribution in [-0.4, -0.2) is 28.4 Å². The van der Waals surface area contributed by atoms with E-state index in [-0.39, 0.29) is 10.2 Å². The maximum Gasteiger partial charge on any atom is 0.259 e. The number of H-pyrrole nitrogens is 1. The number of nitrogens with one attached hydrogen (secondary N) is 1. The Bertz CT molecular complexity index is 842. The number of nitrogens with two attached hydrogens (primary N) is 1. The SMILES string of the molecule is Nc1cc2nc(S(=O)(=O)c3ccccn3)ncc2[nH]1. The summed E-state index contributed by atoms with van der Waals surface area (Å²) in [5.41, 5.74) is 6.60. The molecule has 0 saturated carbocycles. The zero-order chi connectivity index (χ0) is 13.5. The van der Waals surface area contributed by atoms with Crippen molar-refractivity contribution >= 4 is 26.7 Å². The van der Waals surface area contributed by atoms with E-state index in [0.717, 1.165) is 0 Å². The molecule has 3 N–H and O–H groups in total. The van der Waals surface area contributed by atoms with Crippen molar-refractivity contribution in [2.75, 3.05) is 5.73 Å². The molecule has 3 aromatic rings. The van der Waals surface area contributed by atoms with Gasteiger partial charge in [-0.1, -0.05) is 6.07 Å². The molecule has 0 aliphatic heterocycles. The summed E-state index contributed by atoms with van der Waals surface area (Å²) < 4.78 is 24.5. The smallest absolute Gasteiger partial charge is 0.259 e. The van der Waals surface area contributed by atoms with E-state index in [1.165, 1.54) is 18.5 Å². The molecule has 0 amide bonds. The molecule has 0 bridgehead atoms. The fourth-order valence-electron chi connectivity index (χ4n) is 1.65. The Morgan fingerprint density at radius 1 is 1.21 bits per heavy atom. The summed E-state index contributed by atoms with van der Waals surface area (Å²) >= 11 is 0. The van der Waals surface area contributed by atoms with Crippen LogP contribution in [0, 0.1) is 0 Å². The molecule has 0 aliphatic carbocycles. The second kappa shape index (κ2) is 4.02. The molecule has 0 unspecified atom stereocenters. The third kappa shape index (κ3) is 1.91. The highest BCUT2D eigenvalue weighted by Gasteiger charge is 2.22. The molecular weight excluding hydrogens is 266 g/mol. The van der Waals surface area contributed by atoms with Gasteiger partial charge in [0.2, 0.25) is 0 Å². The summed E-state index contributed by atoms with van der Waals surface area (Å²) in [7, 11) is -3.81. The topological polar surface area (TPSA) is 115 Å². The van der Waals surface area contributed by atoms with Gasteiger partial charge in [0, 0.05) is 12.3 Å². The van der Waals surface area contributed by atoms with Crippen LogP contribution in [0.15, 0.2) is 46.8 Å². The zero-order valence-electron chi connectivity index (χ0n) is 9.61. The zero-order valence-corrected chi connectivity index (χ0v) is 10.4. The van der Waals surface area contributed by atoms with E-state index in [9.17, 15) is 8.42 Å². The Labute approximate surface area is 108 Å². The number of aromatic amines is 1. The number of nitrogen functional groups attached to an aromatic ring is 1. The van der Waals surface area contributed by atoms with Crippen LogP contribution in [0.4, 0.5) is 5.82 Å². The average molecular weight is 275 g/mol. The molecule has 3 heterocycles. The van der Waals surface area contributed by atoms with Crippen molar-refractivity contribution < 1.29 is 8.42 Å². The Morgan fingerprint density at radius 3 is 2.79 bits per heavy atom. The lowest BCUT2D eigenvalue weighted by molar-refractivity contribution is 0.584. The Balaban J connectivity index is 2.18. The highest BCUT2D eigenvalue weighted by molar-refractivity contribution is 7.91. The number of hydrogen-bond donors (Lipinski definition) is 2. The number of fused-ring (bicyclic) bond motifs is 1. The first kappa shape index (κ1) is 11.6. The van der Waals surface area contributed by atoms with Crippen LogP contribution in [-0.2, 0) is 9.84 Å². The Kier molecular flexibility index (Phi) is 2.46. The maximum absolute atomic E-state index is 12.3. The van der Waals surface area contributed by atoms with Gasteiger partial charge < -0.3 is 10.7 Å². The minimum Gasteiger partial charge on any atom is -0.385 e. The van der Waals surface area contributed by atoms with Crippen molar-refractivity contribution in [2.24, 2.45) is 0 Å². The van der Waals surface area contributed by atoms with Crippen LogP contribution in [0.5, 0.6) is 0 Å². The highest BCUT2D eigenvalue weighted by Crippen LogP contribution is 2.19. The lowest BCUT2D eigenvalue weighted by Gasteiger charge is -2.01. The lowest BCUT2D eigenvalue weighted by Crippen LogP contribution is -2.08. The lowest BCUT2D eigenvalue weighted by atomic mass is 10.5. The number of nitrogens with zero attached hydrogens (tertiary/aromatic N) is 3. The first-order chi connectivity index (χ1) is 9.07. The van der Waals surface area contributed by atoms with Gasteiger partial charge in [0.1, 0.15) is 5.82 Å². The molecule has 0 spiro atoms. The molecular formula is C11H9N5O2S. The molecule has 3 rings (SSSR count). The predicted octanol–water partition coefficient (Wildman–Crippen LogP) is 0.768. The molecule has 0 saturated heterocycles. The van der Waals surface area contributed by atoms with Crippen LogP contribution in [0.25, 0.3) is 11.0 Å². The standard InChI is InChI=1S/C11H9N5O2S/c12-9-5-7-8(15-9)6-14-11(16-7)19(17,18)10-3-1-2-4-13-10/h1-6,15H,12H2. The van der Waals surface area contributed by atoms with Gasteiger partial charge in [0.25, 0.3) is 15.0 Å². The normalized spacial score (nSPS) is 11.8. The molecule has 96 valence electrons. The van der Waals surface area contributed by atoms with Crippen molar-refractivity contribution in [1.82, 2.24) is 19.9 Å². The van der Waals surface area contributed by atoms with Crippen molar-refractivity contribution in [1.29, 1.82) is 0 Å². The fourth-order valence-corrected chi connectivity index (χ4v) is 2.71. The third-order valence-corrected chi connectivity index (χ3v) is 3.99. The summed E-state index contributed by atoms with van der Waals surface area (Å²) in [6.45, 7) is 0. The van der Waals surface area contributed by atoms with Crippen LogP contribution in [0.1, 0.15) is 0 Å². The Morgan fingerprint density at radius 2 is 2.05 bits per heavy atom. The Hall–Kier alpha value is -2.48. The summed E-state index contributed by atoms with van der Waals surface area (Å²) in [5, 5.41) is -0.379. The minimum absolute atomic E-state index is 0.0853. The molecule has 0 aromatic carbocycles. The largest absolute Gasteiger partial charge is 0.385 e. The van der Waals surface area contributed by atoms with E-state index in [0.29, 0.717) is 16.9 Å². The van der Waals surface area contributed by atoms with Crippen molar-refractivity contribution in [3.8, 4) is 0 Å². The number of anilines is 1. The summed E-state index contributed by atoms with van der Waals surface area (Å²) in [5.74, 6) is 0.400. The van der Waals surface area contributed by atoms with E-state index >= 15 is 0 Å². The van der Waals surface area contributed by atoms with E-state index in [4.69, 9.17) is 5.73 Å². The van der Waals surface area contributed by atoms with Gasteiger partial charge in [-0.2, -0.15) is 0 Å². The summed E-state index contributed by atoms with van der Waals surface area (Å²) in [6.07, 6.45) is 2.79. The van der Waals surface area contributed by atoms with Gasteiger partial charge in [-0.15, -0.1) is 0 Å². The van der Waals surface area contributed by atoms with Crippen molar-refractivity contribution in [3.05, 3.63) is 36.7 Å². The monoisotopic (exact) mass is 275 g/mol. The van der Waals surface area contributed by atoms with E-state index in [1.54, 1.807) is 18.2 Å². The third-order valence-electron chi connectivity index (χ3n) is 2.52. The highest BCUT2D eigenvalue weighted by atomic mass is 32.2. The maximum atomic E-state index is 12.3. The van der Waals surface area contributed by atoms with Gasteiger partial charge in [-0.05, 0) is 12.1 Å². The van der Waals surface area contributed by atoms with Gasteiger partial charge in [0.05, 0.1) is 17.2 Å². The minimum atomic E-state index is -3.81. The molecule has 0 fully saturated rings. The van der Waals surface area contributed by atoms with Crippen molar-refractivity contribution in [2.45, 2.75) is 10.2 Å². The van der Waals surface area contributed by atoms with Crippen LogP contribution in [0.2, 0.25) is 0 Å². The van der Waals surface area contributed by atoms with Gasteiger partial charge >= 0.3 is 0 Å². The second-order valence-corrected chi connectivity index (χ2v) is 5.64. The molecule has 8 heteroatoms. The van der Waals surface area contributed by atoms with Crippen LogP contribution < -0.4 is 5.73 Å². The van der Waals surface area contributed by atoms with Gasteiger partial charge in [-0.25, -0.2) is 23.4 Å². The second-order valence-electron chi connectivity index (χ2n) is 3.85.